The molecule has 1 aromatic carbocycles. The van der Waals surface area contributed by atoms with E-state index in [2.05, 4.69) is 5.27 Å². The zero-order valence-electron chi connectivity index (χ0n) is 10.3. The van der Waals surface area contributed by atoms with Gasteiger partial charge in [-0.1, -0.05) is 29.3 Å². The fraction of sp³-hybridized carbons (Fsp3) is 0.429. The number of H-pyrrole nitrogens is 1. The predicted molar refractivity (Wildman–Crippen MR) is 67.1 cm³/mol. The van der Waals surface area contributed by atoms with Gasteiger partial charge in [-0.05, 0) is 30.2 Å². The molecular weight excluding hydrogens is 228 g/mol. The van der Waals surface area contributed by atoms with Gasteiger partial charge in [-0.15, -0.1) is 0 Å². The maximum absolute atomic E-state index is 11.9. The van der Waals surface area contributed by atoms with E-state index < -0.39 is 0 Å². The molecule has 0 bridgehead atoms. The van der Waals surface area contributed by atoms with Crippen LogP contribution in [0.2, 0.25) is 0 Å². The van der Waals surface area contributed by atoms with Crippen LogP contribution in [0.4, 0.5) is 0 Å². The summed E-state index contributed by atoms with van der Waals surface area (Å²) in [6.07, 6.45) is 5.96. The summed E-state index contributed by atoms with van der Waals surface area (Å²) in [5.41, 5.74) is 1.27. The number of rotatable bonds is 2. The molecule has 0 spiro atoms. The summed E-state index contributed by atoms with van der Waals surface area (Å²) in [6.45, 7) is 0. The smallest absolute Gasteiger partial charge is 0.283 e. The molecule has 94 valence electrons. The van der Waals surface area contributed by atoms with Gasteiger partial charge in [0.1, 0.15) is 0 Å². The first-order valence-electron chi connectivity index (χ1n) is 6.54. The second-order valence-electron chi connectivity index (χ2n) is 4.86. The molecule has 1 N–H and O–H groups in total. The van der Waals surface area contributed by atoms with Gasteiger partial charge in [-0.2, -0.15) is 0 Å². The molecule has 0 unspecified atom stereocenters. The lowest BCUT2D eigenvalue weighted by Crippen LogP contribution is -2.44. The highest BCUT2D eigenvalue weighted by Gasteiger charge is 2.31. The minimum atomic E-state index is -0.285. The normalized spacial score (nSPS) is 16.9. The number of nitrogens with zero attached hydrogens (tertiary/aromatic N) is 1. The lowest BCUT2D eigenvalue weighted by atomic mass is 9.95. The topological polar surface area (TPSA) is 49.9 Å². The van der Waals surface area contributed by atoms with Crippen molar-refractivity contribution >= 4 is 0 Å². The molecule has 4 heteroatoms. The van der Waals surface area contributed by atoms with Gasteiger partial charge in [0.25, 0.3) is 0 Å². The molecule has 1 aliphatic rings. The molecule has 1 aromatic heterocycles. The van der Waals surface area contributed by atoms with E-state index in [-0.39, 0.29) is 5.63 Å². The average Bonchev–Trinajstić information content (AvgIpc) is 2.83. The van der Waals surface area contributed by atoms with Gasteiger partial charge in [0.05, 0.1) is 5.56 Å². The molecule has 0 amide bonds. The van der Waals surface area contributed by atoms with Gasteiger partial charge in [0, 0.05) is 12.8 Å². The van der Waals surface area contributed by atoms with E-state index in [9.17, 15) is 4.79 Å². The van der Waals surface area contributed by atoms with Crippen LogP contribution in [0.5, 0.6) is 0 Å². The Bertz CT molecular complexity index is 565. The fourth-order valence-corrected chi connectivity index (χ4v) is 2.73. The highest BCUT2D eigenvalue weighted by molar-refractivity contribution is 5.53. The molecular formula is C14H17N2O2+. The highest BCUT2D eigenvalue weighted by Crippen LogP contribution is 2.24. The molecule has 0 radical (unpaired) electrons. The number of hydrogen-bond donors (Lipinski definition) is 1. The van der Waals surface area contributed by atoms with Crippen molar-refractivity contribution in [1.82, 2.24) is 5.27 Å². The zero-order chi connectivity index (χ0) is 12.4. The van der Waals surface area contributed by atoms with Crippen molar-refractivity contribution in [2.45, 2.75) is 38.1 Å². The Labute approximate surface area is 105 Å². The van der Waals surface area contributed by atoms with Crippen molar-refractivity contribution < 1.29 is 9.20 Å². The van der Waals surface area contributed by atoms with Crippen LogP contribution in [0.1, 0.15) is 38.1 Å². The Hall–Kier alpha value is -1.84. The van der Waals surface area contributed by atoms with E-state index in [1.54, 1.807) is 0 Å². The molecule has 0 aliphatic heterocycles. The highest BCUT2D eigenvalue weighted by atomic mass is 16.5. The lowest BCUT2D eigenvalue weighted by molar-refractivity contribution is -0.778. The Balaban J connectivity index is 2.04. The van der Waals surface area contributed by atoms with Crippen LogP contribution >= 0.6 is 0 Å². The van der Waals surface area contributed by atoms with Crippen molar-refractivity contribution in [1.29, 1.82) is 0 Å². The van der Waals surface area contributed by atoms with E-state index in [1.807, 2.05) is 35.0 Å². The number of aromatic nitrogens is 2. The van der Waals surface area contributed by atoms with Crippen molar-refractivity contribution in [3.05, 3.63) is 40.8 Å². The Kier molecular flexibility index (Phi) is 3.00. The van der Waals surface area contributed by atoms with Gasteiger partial charge in [0.2, 0.25) is 0 Å². The summed E-state index contributed by atoms with van der Waals surface area (Å²) in [5, 5.41) is 2.77. The third-order valence-electron chi connectivity index (χ3n) is 3.66. The van der Waals surface area contributed by atoms with Crippen LogP contribution in [-0.2, 0) is 0 Å². The van der Waals surface area contributed by atoms with Gasteiger partial charge in [0.15, 0.2) is 6.04 Å². The first-order valence-corrected chi connectivity index (χ1v) is 6.54. The van der Waals surface area contributed by atoms with Crippen molar-refractivity contribution in [3.63, 3.8) is 0 Å². The Morgan fingerprint density at radius 3 is 2.56 bits per heavy atom. The number of nitrogens with one attached hydrogen (secondary N) is 1. The summed E-state index contributed by atoms with van der Waals surface area (Å²) >= 11 is 0. The molecule has 18 heavy (non-hydrogen) atoms. The lowest BCUT2D eigenvalue weighted by Gasteiger charge is -2.15. The first-order chi connectivity index (χ1) is 8.86. The largest absolute Gasteiger partial charge is 0.435 e. The van der Waals surface area contributed by atoms with E-state index in [0.717, 1.165) is 18.4 Å². The standard InChI is InChI=1S/C14H16N2O2/c17-14-13(11-7-3-1-4-8-11)16(15-18-14)12-9-5-2-6-10-12/h1,3-4,7-8,12H,2,5-6,9-10H2/p+1. The molecule has 1 fully saturated rings. The second kappa shape index (κ2) is 4.80. The van der Waals surface area contributed by atoms with Gasteiger partial charge in [-0.3, -0.25) is 4.52 Å². The van der Waals surface area contributed by atoms with Crippen LogP contribution in [0.3, 0.4) is 0 Å². The van der Waals surface area contributed by atoms with Crippen molar-refractivity contribution in [3.8, 4) is 11.3 Å². The Morgan fingerprint density at radius 2 is 1.83 bits per heavy atom. The van der Waals surface area contributed by atoms with Crippen molar-refractivity contribution in [2.24, 2.45) is 0 Å². The van der Waals surface area contributed by atoms with E-state index >= 15 is 0 Å². The second-order valence-corrected chi connectivity index (χ2v) is 4.86. The molecule has 1 heterocycles. The minimum Gasteiger partial charge on any atom is -0.283 e. The summed E-state index contributed by atoms with van der Waals surface area (Å²) in [7, 11) is 0. The number of hydrogen-bond acceptors (Lipinski definition) is 2. The summed E-state index contributed by atoms with van der Waals surface area (Å²) in [4.78, 5) is 11.9. The first kappa shape index (κ1) is 11.3. The summed E-state index contributed by atoms with van der Waals surface area (Å²) in [6, 6.07) is 10.1. The van der Waals surface area contributed by atoms with E-state index in [1.165, 1.54) is 19.3 Å². The van der Waals surface area contributed by atoms with Gasteiger partial charge in [-0.25, -0.2) is 4.79 Å². The number of aromatic amines is 1. The molecule has 1 saturated carbocycles. The van der Waals surface area contributed by atoms with E-state index in [0.29, 0.717) is 11.7 Å². The Morgan fingerprint density at radius 1 is 1.11 bits per heavy atom. The van der Waals surface area contributed by atoms with Crippen LogP contribution in [0, 0.1) is 0 Å². The molecule has 4 nitrogen and oxygen atoms in total. The third kappa shape index (κ3) is 1.98. The fourth-order valence-electron chi connectivity index (χ4n) is 2.73. The van der Waals surface area contributed by atoms with Crippen molar-refractivity contribution in [2.75, 3.05) is 0 Å². The van der Waals surface area contributed by atoms with Crippen LogP contribution in [-0.4, -0.2) is 5.27 Å². The van der Waals surface area contributed by atoms with Gasteiger partial charge < -0.3 is 0 Å². The SMILES string of the molecule is O=c1o[nH][n+](C2CCCCC2)c1-c1ccccc1. The van der Waals surface area contributed by atoms with Crippen LogP contribution in [0.25, 0.3) is 11.3 Å². The molecule has 0 saturated heterocycles. The monoisotopic (exact) mass is 245 g/mol. The minimum absolute atomic E-state index is 0.285. The molecule has 0 atom stereocenters. The van der Waals surface area contributed by atoms with E-state index in [4.69, 9.17) is 4.52 Å². The van der Waals surface area contributed by atoms with Crippen LogP contribution in [0.15, 0.2) is 39.6 Å². The average molecular weight is 245 g/mol. The van der Waals surface area contributed by atoms with Gasteiger partial charge >= 0.3 is 11.3 Å². The van der Waals surface area contributed by atoms with Crippen LogP contribution < -0.4 is 10.3 Å². The molecule has 1 aliphatic carbocycles. The maximum atomic E-state index is 11.9. The molecule has 3 rings (SSSR count). The molecule has 2 aromatic rings. The summed E-state index contributed by atoms with van der Waals surface area (Å²) < 4.78 is 6.90. The number of benzene rings is 1. The maximum Gasteiger partial charge on any atom is 0.435 e. The quantitative estimate of drug-likeness (QED) is 0.826. The predicted octanol–water partition coefficient (Wildman–Crippen LogP) is 2.43. The third-order valence-corrected chi connectivity index (χ3v) is 3.66. The zero-order valence-corrected chi connectivity index (χ0v) is 10.3. The summed E-state index contributed by atoms with van der Waals surface area (Å²) in [5.74, 6) is 0.